The molecule has 0 saturated carbocycles. The first-order valence-electron chi connectivity index (χ1n) is 12.9. The summed E-state index contributed by atoms with van der Waals surface area (Å²) < 4.78 is 0. The average Bonchev–Trinajstić information content (AvgIpc) is 3.36. The van der Waals surface area contributed by atoms with Crippen molar-refractivity contribution in [3.63, 3.8) is 0 Å². The summed E-state index contributed by atoms with van der Waals surface area (Å²) in [5, 5.41) is 3.58. The number of hydrogen-bond acceptors (Lipinski definition) is 4. The van der Waals surface area contributed by atoms with E-state index in [1.54, 1.807) is 24.3 Å². The van der Waals surface area contributed by atoms with E-state index < -0.39 is 28.8 Å². The van der Waals surface area contributed by atoms with Crippen molar-refractivity contribution in [2.45, 2.75) is 45.2 Å². The number of amides is 1. The van der Waals surface area contributed by atoms with Crippen LogP contribution in [-0.2, 0) is 15.0 Å². The van der Waals surface area contributed by atoms with Crippen LogP contribution in [0.2, 0.25) is 5.02 Å². The Bertz CT molecular complexity index is 1530. The van der Waals surface area contributed by atoms with Crippen LogP contribution in [0, 0.1) is 11.3 Å². The zero-order valence-electron chi connectivity index (χ0n) is 21.8. The van der Waals surface area contributed by atoms with Crippen LogP contribution >= 0.6 is 11.6 Å². The van der Waals surface area contributed by atoms with Gasteiger partial charge in [0.2, 0.25) is 5.91 Å². The van der Waals surface area contributed by atoms with Crippen LogP contribution in [0.15, 0.2) is 78.9 Å². The van der Waals surface area contributed by atoms with E-state index in [-0.39, 0.29) is 17.5 Å². The van der Waals surface area contributed by atoms with Crippen LogP contribution in [0.25, 0.3) is 5.57 Å². The minimum atomic E-state index is -1.30. The molecule has 0 bridgehead atoms. The summed E-state index contributed by atoms with van der Waals surface area (Å²) >= 11 is 6.15. The Morgan fingerprint density at radius 3 is 2.32 bits per heavy atom. The van der Waals surface area contributed by atoms with E-state index >= 15 is 0 Å². The summed E-state index contributed by atoms with van der Waals surface area (Å²) in [6.07, 6.45) is 2.07. The lowest BCUT2D eigenvalue weighted by molar-refractivity contribution is -0.128. The highest BCUT2D eigenvalue weighted by Crippen LogP contribution is 2.59. The molecule has 1 N–H and O–H groups in total. The second-order valence-corrected chi connectivity index (χ2v) is 11.9. The molecule has 3 aromatic rings. The van der Waals surface area contributed by atoms with E-state index in [1.165, 1.54) is 0 Å². The SMILES string of the molecule is CC1=C[C@@H]2N(c3ccccc31)[C@H](C(=O)C(C)(C)C)[C@@H](C(=O)c1ccc(Cl)cc1)[C@@]21C(=O)Nc2ccccc21. The zero-order chi connectivity index (χ0) is 27.0. The molecule has 6 rings (SSSR count). The molecule has 0 unspecified atom stereocenters. The molecule has 0 aliphatic carbocycles. The van der Waals surface area contributed by atoms with Crippen molar-refractivity contribution in [2.75, 3.05) is 10.2 Å². The molecule has 1 fully saturated rings. The maximum atomic E-state index is 14.6. The number of hydrogen-bond donors (Lipinski definition) is 1. The minimum absolute atomic E-state index is 0.0772. The standard InChI is InChI=1S/C32H29ClN2O3/c1-18-17-25-32(22-10-6-7-11-23(22)34-30(32)38)26(28(36)19-13-15-20(33)16-14-19)27(29(37)31(2,3)4)35(25)24-12-8-5-9-21(18)24/h5-17,25-27H,1-4H3,(H,34,38)/t25-,26-,27-,32-/m0/s1. The van der Waals surface area contributed by atoms with Crippen LogP contribution in [0.3, 0.4) is 0 Å². The topological polar surface area (TPSA) is 66.5 Å². The minimum Gasteiger partial charge on any atom is -0.352 e. The fourth-order valence-electron chi connectivity index (χ4n) is 6.62. The lowest BCUT2D eigenvalue weighted by Gasteiger charge is -2.39. The van der Waals surface area contributed by atoms with Gasteiger partial charge in [0.15, 0.2) is 11.6 Å². The number of halogens is 1. The Hall–Kier alpha value is -3.70. The predicted molar refractivity (Wildman–Crippen MR) is 151 cm³/mol. The summed E-state index contributed by atoms with van der Waals surface area (Å²) in [6, 6.07) is 20.8. The van der Waals surface area contributed by atoms with Gasteiger partial charge in [-0.25, -0.2) is 0 Å². The highest BCUT2D eigenvalue weighted by Gasteiger charge is 2.71. The summed E-state index contributed by atoms with van der Waals surface area (Å²) in [5.74, 6) is -1.53. The second kappa shape index (κ2) is 8.40. The van der Waals surface area contributed by atoms with E-state index in [9.17, 15) is 14.4 Å². The first-order valence-corrected chi connectivity index (χ1v) is 13.3. The quantitative estimate of drug-likeness (QED) is 0.407. The third-order valence-electron chi connectivity index (χ3n) is 8.30. The number of carbonyl (C=O) groups excluding carboxylic acids is 3. The van der Waals surface area contributed by atoms with Crippen LogP contribution < -0.4 is 10.2 Å². The van der Waals surface area contributed by atoms with Crippen molar-refractivity contribution in [3.05, 3.63) is 101 Å². The van der Waals surface area contributed by atoms with Crippen LogP contribution in [-0.4, -0.2) is 29.6 Å². The van der Waals surface area contributed by atoms with E-state index in [4.69, 9.17) is 11.6 Å². The maximum Gasteiger partial charge on any atom is 0.238 e. The van der Waals surface area contributed by atoms with Crippen LogP contribution in [0.5, 0.6) is 0 Å². The van der Waals surface area contributed by atoms with Gasteiger partial charge in [-0.1, -0.05) is 74.8 Å². The van der Waals surface area contributed by atoms with Gasteiger partial charge in [0.05, 0.1) is 12.0 Å². The number of ketones is 2. The molecule has 192 valence electrons. The number of fused-ring (bicyclic) bond motifs is 6. The fraction of sp³-hybridized carbons (Fsp3) is 0.281. The molecule has 3 heterocycles. The second-order valence-electron chi connectivity index (χ2n) is 11.5. The van der Waals surface area contributed by atoms with E-state index in [0.29, 0.717) is 16.3 Å². The van der Waals surface area contributed by atoms with Gasteiger partial charge in [-0.05, 0) is 54.5 Å². The van der Waals surface area contributed by atoms with Gasteiger partial charge in [-0.3, -0.25) is 14.4 Å². The van der Waals surface area contributed by atoms with E-state index in [2.05, 4.69) is 16.3 Å². The highest BCUT2D eigenvalue weighted by molar-refractivity contribution is 6.30. The Labute approximate surface area is 227 Å². The Morgan fingerprint density at radius 2 is 1.61 bits per heavy atom. The van der Waals surface area contributed by atoms with Gasteiger partial charge in [0.1, 0.15) is 11.5 Å². The van der Waals surface area contributed by atoms with Gasteiger partial charge < -0.3 is 10.2 Å². The Kier molecular flexibility index (Phi) is 5.45. The summed E-state index contributed by atoms with van der Waals surface area (Å²) in [6.45, 7) is 7.65. The smallest absolute Gasteiger partial charge is 0.238 e. The third-order valence-corrected chi connectivity index (χ3v) is 8.55. The number of carbonyl (C=O) groups is 3. The van der Waals surface area contributed by atoms with Crippen molar-refractivity contribution in [3.8, 4) is 0 Å². The first kappa shape index (κ1) is 24.6. The summed E-state index contributed by atoms with van der Waals surface area (Å²) in [5.41, 5.74) is 2.68. The van der Waals surface area contributed by atoms with Gasteiger partial charge in [0, 0.05) is 32.9 Å². The molecule has 4 atom stereocenters. The molecule has 1 spiro atoms. The molecule has 0 aromatic heterocycles. The van der Waals surface area contributed by atoms with Gasteiger partial charge in [-0.15, -0.1) is 0 Å². The van der Waals surface area contributed by atoms with Gasteiger partial charge >= 0.3 is 0 Å². The predicted octanol–water partition coefficient (Wildman–Crippen LogP) is 6.32. The molecule has 3 aliphatic heterocycles. The number of para-hydroxylation sites is 2. The largest absolute Gasteiger partial charge is 0.352 e. The van der Waals surface area contributed by atoms with Crippen molar-refractivity contribution < 1.29 is 14.4 Å². The van der Waals surface area contributed by atoms with Crippen molar-refractivity contribution >= 4 is 46.0 Å². The number of benzene rings is 3. The highest BCUT2D eigenvalue weighted by atomic mass is 35.5. The summed E-state index contributed by atoms with van der Waals surface area (Å²) in [7, 11) is 0. The monoisotopic (exact) mass is 524 g/mol. The first-order chi connectivity index (χ1) is 18.1. The lowest BCUT2D eigenvalue weighted by Crippen LogP contribution is -2.51. The molecular weight excluding hydrogens is 496 g/mol. The van der Waals surface area contributed by atoms with Crippen LogP contribution in [0.1, 0.15) is 49.2 Å². The van der Waals surface area contributed by atoms with Crippen LogP contribution in [0.4, 0.5) is 11.4 Å². The molecule has 3 aliphatic rings. The Morgan fingerprint density at radius 1 is 0.947 bits per heavy atom. The molecular formula is C32H29ClN2O3. The van der Waals surface area contributed by atoms with Crippen molar-refractivity contribution in [2.24, 2.45) is 11.3 Å². The summed E-state index contributed by atoms with van der Waals surface area (Å²) in [4.78, 5) is 45.4. The molecule has 1 amide bonds. The molecule has 0 radical (unpaired) electrons. The molecule has 1 saturated heterocycles. The number of anilines is 2. The van der Waals surface area contributed by atoms with E-state index in [1.807, 2.05) is 76.2 Å². The maximum absolute atomic E-state index is 14.6. The molecule has 6 heteroatoms. The molecule has 5 nitrogen and oxygen atoms in total. The van der Waals surface area contributed by atoms with E-state index in [0.717, 1.165) is 22.4 Å². The lowest BCUT2D eigenvalue weighted by atomic mass is 9.63. The number of Topliss-reactive ketones (excluding diaryl/α,β-unsaturated/α-hetero) is 2. The number of nitrogens with zero attached hydrogens (tertiary/aromatic N) is 1. The normalized spacial score (nSPS) is 25.4. The molecule has 3 aromatic carbocycles. The van der Waals surface area contributed by atoms with Crippen molar-refractivity contribution in [1.29, 1.82) is 0 Å². The van der Waals surface area contributed by atoms with Gasteiger partial charge in [-0.2, -0.15) is 0 Å². The zero-order valence-corrected chi connectivity index (χ0v) is 22.5. The Balaban J connectivity index is 1.70. The average molecular weight is 525 g/mol. The number of allylic oxidation sites excluding steroid dienone is 1. The number of nitrogens with one attached hydrogen (secondary N) is 1. The third kappa shape index (κ3) is 3.27. The molecule has 38 heavy (non-hydrogen) atoms. The van der Waals surface area contributed by atoms with Gasteiger partial charge in [0.25, 0.3) is 0 Å². The number of rotatable bonds is 3. The fourth-order valence-corrected chi connectivity index (χ4v) is 6.75. The van der Waals surface area contributed by atoms with Crippen molar-refractivity contribution in [1.82, 2.24) is 0 Å².